The van der Waals surface area contributed by atoms with Gasteiger partial charge in [0.25, 0.3) is 0 Å². The zero-order valence-electron chi connectivity index (χ0n) is 10.3. The lowest BCUT2D eigenvalue weighted by molar-refractivity contribution is 0.112. The highest BCUT2D eigenvalue weighted by molar-refractivity contribution is 6.33. The monoisotopic (exact) mass is 264 g/mol. The molecule has 0 bridgehead atoms. The van der Waals surface area contributed by atoms with E-state index in [0.717, 1.165) is 31.6 Å². The molecule has 0 N–H and O–H groups in total. The van der Waals surface area contributed by atoms with E-state index in [0.29, 0.717) is 16.6 Å². The fourth-order valence-corrected chi connectivity index (χ4v) is 3.46. The van der Waals surface area contributed by atoms with Gasteiger partial charge in [-0.05, 0) is 31.5 Å². The first-order chi connectivity index (χ1) is 8.79. The number of halogens is 1. The molecule has 1 aromatic rings. The number of carbonyl (C=O) groups excluding carboxylic acids is 1. The van der Waals surface area contributed by atoms with Gasteiger partial charge in [0.15, 0.2) is 6.29 Å². The van der Waals surface area contributed by atoms with Crippen molar-refractivity contribution in [2.24, 2.45) is 0 Å². The van der Waals surface area contributed by atoms with E-state index in [1.54, 1.807) is 0 Å². The molecule has 0 amide bonds. The summed E-state index contributed by atoms with van der Waals surface area (Å²) in [6, 6.07) is 6.18. The molecule has 2 saturated heterocycles. The Kier molecular flexibility index (Phi) is 3.27. The molecular weight excluding hydrogens is 248 g/mol. The minimum atomic E-state index is 0.634. The topological polar surface area (TPSA) is 23.6 Å². The van der Waals surface area contributed by atoms with E-state index in [1.165, 1.54) is 19.4 Å². The maximum Gasteiger partial charge on any atom is 0.152 e. The minimum Gasteiger partial charge on any atom is -0.367 e. The van der Waals surface area contributed by atoms with Gasteiger partial charge < -0.3 is 4.90 Å². The summed E-state index contributed by atoms with van der Waals surface area (Å²) in [7, 11) is 0. The molecule has 0 aliphatic carbocycles. The van der Waals surface area contributed by atoms with Crippen LogP contribution in [0.25, 0.3) is 0 Å². The van der Waals surface area contributed by atoms with Crippen molar-refractivity contribution in [2.45, 2.75) is 18.9 Å². The van der Waals surface area contributed by atoms with Crippen molar-refractivity contribution in [1.82, 2.24) is 4.90 Å². The highest BCUT2D eigenvalue weighted by Crippen LogP contribution is 2.32. The van der Waals surface area contributed by atoms with Gasteiger partial charge in [-0.2, -0.15) is 0 Å². The molecule has 1 unspecified atom stereocenters. The van der Waals surface area contributed by atoms with Crippen LogP contribution in [0.4, 0.5) is 5.69 Å². The van der Waals surface area contributed by atoms with E-state index in [2.05, 4.69) is 9.80 Å². The van der Waals surface area contributed by atoms with Crippen molar-refractivity contribution < 1.29 is 4.79 Å². The third-order valence-corrected chi connectivity index (χ3v) is 4.35. The molecule has 0 spiro atoms. The maximum atomic E-state index is 11.2. The largest absolute Gasteiger partial charge is 0.367 e. The highest BCUT2D eigenvalue weighted by Gasteiger charge is 2.31. The Morgan fingerprint density at radius 3 is 3.00 bits per heavy atom. The van der Waals surface area contributed by atoms with Gasteiger partial charge in [-0.15, -0.1) is 0 Å². The molecule has 2 aliphatic heterocycles. The first-order valence-electron chi connectivity index (χ1n) is 6.52. The van der Waals surface area contributed by atoms with Gasteiger partial charge in [0.2, 0.25) is 0 Å². The molecule has 18 heavy (non-hydrogen) atoms. The van der Waals surface area contributed by atoms with E-state index < -0.39 is 0 Å². The predicted octanol–water partition coefficient (Wildman–Crippen LogP) is 2.44. The van der Waals surface area contributed by atoms with Crippen molar-refractivity contribution in [2.75, 3.05) is 31.1 Å². The lowest BCUT2D eigenvalue weighted by Crippen LogP contribution is -2.50. The van der Waals surface area contributed by atoms with Crippen LogP contribution in [0.1, 0.15) is 23.2 Å². The number of rotatable bonds is 2. The van der Waals surface area contributed by atoms with Gasteiger partial charge in [0.05, 0.1) is 10.7 Å². The van der Waals surface area contributed by atoms with Crippen LogP contribution in [-0.2, 0) is 0 Å². The summed E-state index contributed by atoms with van der Waals surface area (Å²) in [5, 5.41) is 0.686. The number of hydrogen-bond donors (Lipinski definition) is 0. The first-order valence-corrected chi connectivity index (χ1v) is 6.90. The maximum absolute atomic E-state index is 11.2. The summed E-state index contributed by atoms with van der Waals surface area (Å²) in [5.74, 6) is 0. The number of fused-ring (bicyclic) bond motifs is 1. The van der Waals surface area contributed by atoms with Crippen molar-refractivity contribution in [1.29, 1.82) is 0 Å². The molecule has 1 aromatic carbocycles. The summed E-state index contributed by atoms with van der Waals surface area (Å²) < 4.78 is 0. The van der Waals surface area contributed by atoms with Gasteiger partial charge in [-0.1, -0.05) is 17.7 Å². The second-order valence-corrected chi connectivity index (χ2v) is 5.48. The van der Waals surface area contributed by atoms with E-state index >= 15 is 0 Å². The number of carbonyl (C=O) groups is 1. The average Bonchev–Trinajstić information content (AvgIpc) is 2.85. The number of benzene rings is 1. The molecule has 2 heterocycles. The van der Waals surface area contributed by atoms with Crippen molar-refractivity contribution >= 4 is 23.6 Å². The van der Waals surface area contributed by atoms with Crippen LogP contribution in [0.3, 0.4) is 0 Å². The van der Waals surface area contributed by atoms with Crippen LogP contribution in [0.5, 0.6) is 0 Å². The number of para-hydroxylation sites is 1. The second-order valence-electron chi connectivity index (χ2n) is 5.07. The van der Waals surface area contributed by atoms with Crippen molar-refractivity contribution in [3.8, 4) is 0 Å². The Balaban J connectivity index is 1.89. The fourth-order valence-electron chi connectivity index (χ4n) is 3.15. The van der Waals surface area contributed by atoms with E-state index in [9.17, 15) is 4.79 Å². The van der Waals surface area contributed by atoms with Crippen LogP contribution >= 0.6 is 11.6 Å². The number of aldehydes is 1. The number of piperazine rings is 1. The van der Waals surface area contributed by atoms with Gasteiger partial charge in [0.1, 0.15) is 0 Å². The van der Waals surface area contributed by atoms with Crippen LogP contribution in [-0.4, -0.2) is 43.4 Å². The Hall–Kier alpha value is -1.06. The molecule has 4 heteroatoms. The zero-order valence-corrected chi connectivity index (χ0v) is 11.1. The number of nitrogens with zero attached hydrogens (tertiary/aromatic N) is 2. The molecule has 2 fully saturated rings. The zero-order chi connectivity index (χ0) is 12.5. The summed E-state index contributed by atoms with van der Waals surface area (Å²) in [4.78, 5) is 16.0. The van der Waals surface area contributed by atoms with Gasteiger partial charge in [0, 0.05) is 31.2 Å². The Morgan fingerprint density at radius 2 is 2.17 bits per heavy atom. The Bertz CT molecular complexity index is 463. The smallest absolute Gasteiger partial charge is 0.152 e. The predicted molar refractivity (Wildman–Crippen MR) is 73.6 cm³/mol. The highest BCUT2D eigenvalue weighted by atomic mass is 35.5. The molecule has 3 rings (SSSR count). The quantitative estimate of drug-likeness (QED) is 0.767. The van der Waals surface area contributed by atoms with Gasteiger partial charge in [-0.25, -0.2) is 0 Å². The van der Waals surface area contributed by atoms with Crippen LogP contribution in [0.2, 0.25) is 5.02 Å². The number of hydrogen-bond acceptors (Lipinski definition) is 3. The summed E-state index contributed by atoms with van der Waals surface area (Å²) >= 11 is 6.27. The molecule has 0 radical (unpaired) electrons. The van der Waals surface area contributed by atoms with Crippen molar-refractivity contribution in [3.05, 3.63) is 28.8 Å². The third kappa shape index (κ3) is 2.02. The van der Waals surface area contributed by atoms with Crippen LogP contribution in [0, 0.1) is 0 Å². The van der Waals surface area contributed by atoms with E-state index in [1.807, 2.05) is 18.2 Å². The molecule has 1 atom stereocenters. The molecular formula is C14H17ClN2O. The lowest BCUT2D eigenvalue weighted by Gasteiger charge is -2.39. The molecule has 0 aromatic heterocycles. The van der Waals surface area contributed by atoms with Gasteiger partial charge >= 0.3 is 0 Å². The standard InChI is InChI=1S/C14H17ClN2O/c15-13-5-1-3-11(10-18)14(13)17-8-7-16-6-2-4-12(16)9-17/h1,3,5,10,12H,2,4,6-9H2. The minimum absolute atomic E-state index is 0.634. The summed E-state index contributed by atoms with van der Waals surface area (Å²) in [6.45, 7) is 4.25. The lowest BCUT2D eigenvalue weighted by atomic mass is 10.1. The molecule has 3 nitrogen and oxygen atoms in total. The summed E-state index contributed by atoms with van der Waals surface area (Å²) in [5.41, 5.74) is 1.62. The van der Waals surface area contributed by atoms with Crippen molar-refractivity contribution in [3.63, 3.8) is 0 Å². The molecule has 96 valence electrons. The van der Waals surface area contributed by atoms with Crippen LogP contribution in [0.15, 0.2) is 18.2 Å². The van der Waals surface area contributed by atoms with E-state index in [4.69, 9.17) is 11.6 Å². The Morgan fingerprint density at radius 1 is 1.28 bits per heavy atom. The Labute approximate surface area is 112 Å². The first kappa shape index (κ1) is 12.0. The second kappa shape index (κ2) is 4.90. The number of anilines is 1. The van der Waals surface area contributed by atoms with Crippen LogP contribution < -0.4 is 4.90 Å². The van der Waals surface area contributed by atoms with Gasteiger partial charge in [-0.3, -0.25) is 9.69 Å². The normalized spacial score (nSPS) is 24.1. The molecule has 2 aliphatic rings. The third-order valence-electron chi connectivity index (χ3n) is 4.05. The average molecular weight is 265 g/mol. The summed E-state index contributed by atoms with van der Waals surface area (Å²) in [6.07, 6.45) is 3.46. The fraction of sp³-hybridized carbons (Fsp3) is 0.500. The molecule has 0 saturated carbocycles. The SMILES string of the molecule is O=Cc1cccc(Cl)c1N1CCN2CCCC2C1. The van der Waals surface area contributed by atoms with E-state index in [-0.39, 0.29) is 0 Å².